The van der Waals surface area contributed by atoms with Gasteiger partial charge in [-0.2, -0.15) is 0 Å². The van der Waals surface area contributed by atoms with Gasteiger partial charge in [0.05, 0.1) is 6.10 Å². The molecule has 0 amide bonds. The first-order chi connectivity index (χ1) is 7.63. The van der Waals surface area contributed by atoms with E-state index in [1.807, 2.05) is 26.8 Å². The molecule has 0 aliphatic rings. The summed E-state index contributed by atoms with van der Waals surface area (Å²) < 4.78 is 0. The maximum atomic E-state index is 9.64. The molecular weight excluding hydrogens is 204 g/mol. The number of anilines is 2. The van der Waals surface area contributed by atoms with Gasteiger partial charge in [0.25, 0.3) is 0 Å². The molecule has 0 saturated carbocycles. The standard InChI is InChI=1S/C11H20N4O/c1-4-12-10-5-11(15-7-14-10)13-6-9(16)8(2)3/h5,7-9,16H,4,6H2,1-3H3,(H2,12,13,14,15). The Morgan fingerprint density at radius 2 is 1.88 bits per heavy atom. The highest BCUT2D eigenvalue weighted by molar-refractivity contribution is 5.46. The van der Waals surface area contributed by atoms with Crippen LogP contribution in [-0.4, -0.2) is 34.3 Å². The molecule has 0 spiro atoms. The summed E-state index contributed by atoms with van der Waals surface area (Å²) in [6.07, 6.45) is 1.14. The molecule has 1 atom stereocenters. The summed E-state index contributed by atoms with van der Waals surface area (Å²) in [6, 6.07) is 1.83. The van der Waals surface area contributed by atoms with Crippen LogP contribution >= 0.6 is 0 Å². The van der Waals surface area contributed by atoms with E-state index in [9.17, 15) is 5.11 Å². The quantitative estimate of drug-likeness (QED) is 0.680. The average Bonchev–Trinajstić information content (AvgIpc) is 2.26. The maximum absolute atomic E-state index is 9.64. The highest BCUT2D eigenvalue weighted by Gasteiger charge is 2.08. The third-order valence-corrected chi connectivity index (χ3v) is 2.29. The van der Waals surface area contributed by atoms with Crippen molar-refractivity contribution in [2.75, 3.05) is 23.7 Å². The molecule has 1 aromatic rings. The molecule has 3 N–H and O–H groups in total. The minimum absolute atomic E-state index is 0.238. The number of nitrogens with zero attached hydrogens (tertiary/aromatic N) is 2. The summed E-state index contributed by atoms with van der Waals surface area (Å²) in [7, 11) is 0. The van der Waals surface area contributed by atoms with E-state index in [1.54, 1.807) is 0 Å². The predicted molar refractivity (Wildman–Crippen MR) is 65.5 cm³/mol. The largest absolute Gasteiger partial charge is 0.391 e. The third-order valence-electron chi connectivity index (χ3n) is 2.29. The molecule has 0 bridgehead atoms. The van der Waals surface area contributed by atoms with Gasteiger partial charge in [-0.05, 0) is 12.8 Å². The van der Waals surface area contributed by atoms with Gasteiger partial charge in [-0.3, -0.25) is 0 Å². The molecule has 0 aliphatic heterocycles. The minimum Gasteiger partial charge on any atom is -0.391 e. The van der Waals surface area contributed by atoms with Crippen molar-refractivity contribution in [2.24, 2.45) is 5.92 Å². The smallest absolute Gasteiger partial charge is 0.131 e. The van der Waals surface area contributed by atoms with Crippen LogP contribution in [0.15, 0.2) is 12.4 Å². The number of aliphatic hydroxyl groups excluding tert-OH is 1. The van der Waals surface area contributed by atoms with E-state index in [0.29, 0.717) is 6.54 Å². The van der Waals surface area contributed by atoms with E-state index >= 15 is 0 Å². The van der Waals surface area contributed by atoms with Crippen LogP contribution in [0.5, 0.6) is 0 Å². The highest BCUT2D eigenvalue weighted by atomic mass is 16.3. The van der Waals surface area contributed by atoms with Crippen LogP contribution < -0.4 is 10.6 Å². The summed E-state index contributed by atoms with van der Waals surface area (Å²) >= 11 is 0. The van der Waals surface area contributed by atoms with E-state index < -0.39 is 0 Å². The van der Waals surface area contributed by atoms with E-state index in [-0.39, 0.29) is 12.0 Å². The van der Waals surface area contributed by atoms with Gasteiger partial charge < -0.3 is 15.7 Å². The average molecular weight is 224 g/mol. The Hall–Kier alpha value is -1.36. The molecule has 0 aliphatic carbocycles. The van der Waals surface area contributed by atoms with Crippen LogP contribution in [0.2, 0.25) is 0 Å². The summed E-state index contributed by atoms with van der Waals surface area (Å²) in [5, 5.41) is 15.8. The second kappa shape index (κ2) is 6.27. The number of hydrogen-bond acceptors (Lipinski definition) is 5. The molecule has 16 heavy (non-hydrogen) atoms. The normalized spacial score (nSPS) is 12.6. The fraction of sp³-hybridized carbons (Fsp3) is 0.636. The van der Waals surface area contributed by atoms with Crippen LogP contribution in [-0.2, 0) is 0 Å². The number of hydrogen-bond donors (Lipinski definition) is 3. The minimum atomic E-state index is -0.363. The van der Waals surface area contributed by atoms with Gasteiger partial charge >= 0.3 is 0 Å². The number of nitrogens with one attached hydrogen (secondary N) is 2. The first-order valence-corrected chi connectivity index (χ1v) is 5.61. The van der Waals surface area contributed by atoms with Crippen LogP contribution in [0.1, 0.15) is 20.8 Å². The van der Waals surface area contributed by atoms with Gasteiger partial charge in [-0.1, -0.05) is 13.8 Å². The first-order valence-electron chi connectivity index (χ1n) is 5.61. The van der Waals surface area contributed by atoms with Gasteiger partial charge in [-0.25, -0.2) is 9.97 Å². The molecule has 0 saturated heterocycles. The highest BCUT2D eigenvalue weighted by Crippen LogP contribution is 2.09. The van der Waals surface area contributed by atoms with Gasteiger partial charge in [0, 0.05) is 19.2 Å². The molecule has 1 aromatic heterocycles. The molecule has 5 nitrogen and oxygen atoms in total. The monoisotopic (exact) mass is 224 g/mol. The summed E-state index contributed by atoms with van der Waals surface area (Å²) in [5.41, 5.74) is 0. The van der Waals surface area contributed by atoms with Crippen LogP contribution in [0, 0.1) is 5.92 Å². The van der Waals surface area contributed by atoms with Crippen molar-refractivity contribution in [3.63, 3.8) is 0 Å². The van der Waals surface area contributed by atoms with Crippen molar-refractivity contribution >= 4 is 11.6 Å². The number of aromatic nitrogens is 2. The molecule has 90 valence electrons. The molecule has 0 aromatic carbocycles. The first kappa shape index (κ1) is 12.7. The van der Waals surface area contributed by atoms with Crippen molar-refractivity contribution in [3.05, 3.63) is 12.4 Å². The fourth-order valence-corrected chi connectivity index (χ4v) is 1.18. The second-order valence-corrected chi connectivity index (χ2v) is 4.01. The number of rotatable bonds is 6. The molecule has 1 rings (SSSR count). The van der Waals surface area contributed by atoms with E-state index in [4.69, 9.17) is 0 Å². The zero-order valence-corrected chi connectivity index (χ0v) is 10.1. The lowest BCUT2D eigenvalue weighted by Gasteiger charge is -2.15. The molecule has 1 heterocycles. The van der Waals surface area contributed by atoms with Crippen molar-refractivity contribution in [1.29, 1.82) is 0 Å². The fourth-order valence-electron chi connectivity index (χ4n) is 1.18. The van der Waals surface area contributed by atoms with Gasteiger partial charge in [0.15, 0.2) is 0 Å². The van der Waals surface area contributed by atoms with E-state index in [0.717, 1.165) is 18.2 Å². The maximum Gasteiger partial charge on any atom is 0.131 e. The Labute approximate surface area is 96.3 Å². The van der Waals surface area contributed by atoms with Crippen LogP contribution in [0.25, 0.3) is 0 Å². The zero-order valence-electron chi connectivity index (χ0n) is 10.1. The lowest BCUT2D eigenvalue weighted by atomic mass is 10.1. The zero-order chi connectivity index (χ0) is 12.0. The van der Waals surface area contributed by atoms with Gasteiger partial charge in [0.2, 0.25) is 0 Å². The van der Waals surface area contributed by atoms with Crippen molar-refractivity contribution in [1.82, 2.24) is 9.97 Å². The SMILES string of the molecule is CCNc1cc(NCC(O)C(C)C)ncn1. The van der Waals surface area contributed by atoms with Crippen LogP contribution in [0.4, 0.5) is 11.6 Å². The van der Waals surface area contributed by atoms with Gasteiger partial charge in [-0.15, -0.1) is 0 Å². The van der Waals surface area contributed by atoms with Crippen molar-refractivity contribution in [3.8, 4) is 0 Å². The lowest BCUT2D eigenvalue weighted by molar-refractivity contribution is 0.138. The third kappa shape index (κ3) is 4.02. The Morgan fingerprint density at radius 1 is 1.25 bits per heavy atom. The summed E-state index contributed by atoms with van der Waals surface area (Å²) in [4.78, 5) is 8.15. The summed E-state index contributed by atoms with van der Waals surface area (Å²) in [5.74, 6) is 1.76. The second-order valence-electron chi connectivity index (χ2n) is 4.01. The van der Waals surface area contributed by atoms with E-state index in [2.05, 4.69) is 20.6 Å². The Bertz CT molecular complexity index is 317. The van der Waals surface area contributed by atoms with E-state index in [1.165, 1.54) is 6.33 Å². The van der Waals surface area contributed by atoms with Crippen LogP contribution in [0.3, 0.4) is 0 Å². The van der Waals surface area contributed by atoms with Crippen molar-refractivity contribution in [2.45, 2.75) is 26.9 Å². The molecule has 1 unspecified atom stereocenters. The lowest BCUT2D eigenvalue weighted by Crippen LogP contribution is -2.25. The number of aliphatic hydroxyl groups is 1. The predicted octanol–water partition coefficient (Wildman–Crippen LogP) is 1.34. The topological polar surface area (TPSA) is 70.1 Å². The Kier molecular flexibility index (Phi) is 4.98. The molecule has 0 fully saturated rings. The molecule has 5 heteroatoms. The van der Waals surface area contributed by atoms with Crippen molar-refractivity contribution < 1.29 is 5.11 Å². The van der Waals surface area contributed by atoms with Gasteiger partial charge in [0.1, 0.15) is 18.0 Å². The Balaban J connectivity index is 2.50. The summed E-state index contributed by atoms with van der Waals surface area (Å²) in [6.45, 7) is 7.30. The Morgan fingerprint density at radius 3 is 2.44 bits per heavy atom. The molecular formula is C11H20N4O. The molecule has 0 radical (unpaired) electrons.